The third-order valence-electron chi connectivity index (χ3n) is 3.81. The summed E-state index contributed by atoms with van der Waals surface area (Å²) in [5.41, 5.74) is -0.900. The summed E-state index contributed by atoms with van der Waals surface area (Å²) in [4.78, 5) is 0. The Labute approximate surface area is 114 Å². The summed E-state index contributed by atoms with van der Waals surface area (Å²) in [5.74, 6) is 0.867. The first kappa shape index (κ1) is 14.3. The predicted molar refractivity (Wildman–Crippen MR) is 73.7 cm³/mol. The number of hydrogen-bond donors (Lipinski definition) is 1. The molecule has 2 rings (SSSR count). The predicted octanol–water partition coefficient (Wildman–Crippen LogP) is 4.01. The molecule has 1 aromatic carbocycles. The zero-order valence-electron chi connectivity index (χ0n) is 11.8. The van der Waals surface area contributed by atoms with E-state index in [1.165, 1.54) is 38.2 Å². The molecule has 1 fully saturated rings. The lowest BCUT2D eigenvalue weighted by Gasteiger charge is -2.23. The first-order chi connectivity index (χ1) is 8.97. The first-order valence-electron chi connectivity index (χ1n) is 7.12. The second kappa shape index (κ2) is 5.91. The van der Waals surface area contributed by atoms with Crippen molar-refractivity contribution in [2.45, 2.75) is 51.6 Å². The van der Waals surface area contributed by atoms with Crippen LogP contribution in [0, 0.1) is 11.7 Å². The highest BCUT2D eigenvalue weighted by Gasteiger charge is 2.21. The van der Waals surface area contributed by atoms with Crippen molar-refractivity contribution >= 4 is 0 Å². The van der Waals surface area contributed by atoms with Crippen molar-refractivity contribution in [3.05, 3.63) is 29.6 Å². The monoisotopic (exact) mass is 266 g/mol. The maximum atomic E-state index is 13.6. The molecule has 0 heterocycles. The molecule has 0 bridgehead atoms. The van der Waals surface area contributed by atoms with Gasteiger partial charge in [-0.25, -0.2) is 4.39 Å². The van der Waals surface area contributed by atoms with E-state index in [0.717, 1.165) is 0 Å². The topological polar surface area (TPSA) is 29.5 Å². The first-order valence-corrected chi connectivity index (χ1v) is 7.12. The van der Waals surface area contributed by atoms with Gasteiger partial charge in [-0.2, -0.15) is 0 Å². The molecule has 106 valence electrons. The molecule has 0 spiro atoms. The summed E-state index contributed by atoms with van der Waals surface area (Å²) in [6, 6.07) is 4.61. The second-order valence-electron chi connectivity index (χ2n) is 6.02. The molecule has 1 aliphatic rings. The van der Waals surface area contributed by atoms with Gasteiger partial charge in [-0.1, -0.05) is 19.3 Å². The number of ether oxygens (including phenoxy) is 1. The molecule has 1 aliphatic carbocycles. The minimum absolute atomic E-state index is 0.286. The fraction of sp³-hybridized carbons (Fsp3) is 0.625. The van der Waals surface area contributed by atoms with E-state index in [4.69, 9.17) is 4.74 Å². The number of halogens is 1. The van der Waals surface area contributed by atoms with E-state index >= 15 is 0 Å². The Morgan fingerprint density at radius 3 is 2.58 bits per heavy atom. The summed E-state index contributed by atoms with van der Waals surface area (Å²) >= 11 is 0. The van der Waals surface area contributed by atoms with E-state index < -0.39 is 11.4 Å². The molecule has 1 N–H and O–H groups in total. The maximum Gasteiger partial charge on any atom is 0.129 e. The molecular formula is C16H23FO2. The van der Waals surface area contributed by atoms with Crippen molar-refractivity contribution in [3.8, 4) is 5.75 Å². The van der Waals surface area contributed by atoms with Gasteiger partial charge in [0, 0.05) is 5.56 Å². The van der Waals surface area contributed by atoms with Crippen LogP contribution in [0.1, 0.15) is 51.5 Å². The van der Waals surface area contributed by atoms with Crippen molar-refractivity contribution in [2.24, 2.45) is 5.92 Å². The molecule has 1 saturated carbocycles. The largest absolute Gasteiger partial charge is 0.493 e. The SMILES string of the molecule is CC(C)(O)c1cc(OCC2CCCCC2)ccc1F. The lowest BCUT2D eigenvalue weighted by molar-refractivity contribution is 0.0740. The van der Waals surface area contributed by atoms with Crippen LogP contribution < -0.4 is 4.74 Å². The van der Waals surface area contributed by atoms with Crippen molar-refractivity contribution in [3.63, 3.8) is 0 Å². The lowest BCUT2D eigenvalue weighted by Crippen LogP contribution is -2.18. The number of rotatable bonds is 4. The van der Waals surface area contributed by atoms with Gasteiger partial charge in [0.2, 0.25) is 0 Å². The molecule has 2 nitrogen and oxygen atoms in total. The smallest absolute Gasteiger partial charge is 0.129 e. The third kappa shape index (κ3) is 3.93. The van der Waals surface area contributed by atoms with Gasteiger partial charge in [0.1, 0.15) is 11.6 Å². The average Bonchev–Trinajstić information content (AvgIpc) is 2.37. The summed E-state index contributed by atoms with van der Waals surface area (Å²) in [6.45, 7) is 3.85. The van der Waals surface area contributed by atoms with Crippen molar-refractivity contribution < 1.29 is 14.2 Å². The van der Waals surface area contributed by atoms with Gasteiger partial charge in [0.05, 0.1) is 12.2 Å². The number of aliphatic hydroxyl groups is 1. The quantitative estimate of drug-likeness (QED) is 0.892. The Morgan fingerprint density at radius 1 is 1.26 bits per heavy atom. The summed E-state index contributed by atoms with van der Waals surface area (Å²) in [7, 11) is 0. The van der Waals surface area contributed by atoms with Crippen LogP contribution in [0.2, 0.25) is 0 Å². The normalized spacial score (nSPS) is 17.5. The van der Waals surface area contributed by atoms with Crippen LogP contribution in [0.5, 0.6) is 5.75 Å². The highest BCUT2D eigenvalue weighted by molar-refractivity contribution is 5.33. The van der Waals surface area contributed by atoms with Crippen LogP contribution in [-0.4, -0.2) is 11.7 Å². The standard InChI is InChI=1S/C16H23FO2/c1-16(2,18)14-10-13(8-9-15(14)17)19-11-12-6-4-3-5-7-12/h8-10,12,18H,3-7,11H2,1-2H3. The third-order valence-corrected chi connectivity index (χ3v) is 3.81. The molecule has 0 radical (unpaired) electrons. The minimum atomic E-state index is -1.19. The van der Waals surface area contributed by atoms with Gasteiger partial charge in [0.15, 0.2) is 0 Å². The molecule has 0 unspecified atom stereocenters. The Hall–Kier alpha value is -1.09. The van der Waals surface area contributed by atoms with E-state index in [1.54, 1.807) is 26.0 Å². The van der Waals surface area contributed by atoms with Crippen LogP contribution in [0.3, 0.4) is 0 Å². The van der Waals surface area contributed by atoms with Gasteiger partial charge in [-0.15, -0.1) is 0 Å². The zero-order valence-corrected chi connectivity index (χ0v) is 11.8. The Morgan fingerprint density at radius 2 is 1.95 bits per heavy atom. The van der Waals surface area contributed by atoms with Crippen LogP contribution >= 0.6 is 0 Å². The highest BCUT2D eigenvalue weighted by atomic mass is 19.1. The number of benzene rings is 1. The average molecular weight is 266 g/mol. The Bertz CT molecular complexity index is 417. The Balaban J connectivity index is 2.00. The fourth-order valence-corrected chi connectivity index (χ4v) is 2.63. The van der Waals surface area contributed by atoms with E-state index in [2.05, 4.69) is 0 Å². The highest BCUT2D eigenvalue weighted by Crippen LogP contribution is 2.28. The molecule has 0 aromatic heterocycles. The van der Waals surface area contributed by atoms with Gasteiger partial charge in [0.25, 0.3) is 0 Å². The maximum absolute atomic E-state index is 13.6. The van der Waals surface area contributed by atoms with Crippen LogP contribution in [-0.2, 0) is 5.60 Å². The molecule has 3 heteroatoms. The second-order valence-corrected chi connectivity index (χ2v) is 6.02. The fourth-order valence-electron chi connectivity index (χ4n) is 2.63. The van der Waals surface area contributed by atoms with E-state index in [-0.39, 0.29) is 5.56 Å². The molecule has 0 atom stereocenters. The summed E-state index contributed by atoms with van der Waals surface area (Å²) in [6.07, 6.45) is 6.34. The van der Waals surface area contributed by atoms with Gasteiger partial charge >= 0.3 is 0 Å². The zero-order chi connectivity index (χ0) is 13.9. The summed E-state index contributed by atoms with van der Waals surface area (Å²) < 4.78 is 19.4. The van der Waals surface area contributed by atoms with Crippen molar-refractivity contribution in [1.29, 1.82) is 0 Å². The molecular weight excluding hydrogens is 243 g/mol. The molecule has 1 aromatic rings. The molecule has 0 saturated heterocycles. The van der Waals surface area contributed by atoms with Crippen LogP contribution in [0.25, 0.3) is 0 Å². The molecule has 0 amide bonds. The van der Waals surface area contributed by atoms with Gasteiger partial charge < -0.3 is 9.84 Å². The molecule has 19 heavy (non-hydrogen) atoms. The molecule has 0 aliphatic heterocycles. The van der Waals surface area contributed by atoms with Crippen molar-refractivity contribution in [2.75, 3.05) is 6.61 Å². The number of hydrogen-bond acceptors (Lipinski definition) is 2. The van der Waals surface area contributed by atoms with Crippen molar-refractivity contribution in [1.82, 2.24) is 0 Å². The lowest BCUT2D eigenvalue weighted by atomic mass is 9.90. The van der Waals surface area contributed by atoms with Gasteiger partial charge in [-0.05, 0) is 50.8 Å². The van der Waals surface area contributed by atoms with E-state index in [9.17, 15) is 9.50 Å². The minimum Gasteiger partial charge on any atom is -0.493 e. The summed E-state index contributed by atoms with van der Waals surface area (Å²) in [5, 5.41) is 9.92. The van der Waals surface area contributed by atoms with E-state index in [1.807, 2.05) is 0 Å². The van der Waals surface area contributed by atoms with Crippen LogP contribution in [0.15, 0.2) is 18.2 Å². The van der Waals surface area contributed by atoms with Gasteiger partial charge in [-0.3, -0.25) is 0 Å². The Kier molecular flexibility index (Phi) is 4.46. The van der Waals surface area contributed by atoms with Crippen LogP contribution in [0.4, 0.5) is 4.39 Å². The van der Waals surface area contributed by atoms with E-state index in [0.29, 0.717) is 18.3 Å².